The number of carbonyl (C=O) groups excluding carboxylic acids is 2. The fourth-order valence-electron chi connectivity index (χ4n) is 1.86. The SMILES string of the molecule is COc1cc(/C=N\NC(=O)CNC(=O)c2ccc(F)cc2)ccc1O. The summed E-state index contributed by atoms with van der Waals surface area (Å²) in [5, 5.41) is 15.6. The number of rotatable bonds is 6. The highest BCUT2D eigenvalue weighted by molar-refractivity contribution is 5.96. The third-order valence-electron chi connectivity index (χ3n) is 3.12. The Morgan fingerprint density at radius 2 is 1.96 bits per heavy atom. The molecule has 0 spiro atoms. The quantitative estimate of drug-likeness (QED) is 0.544. The normalized spacial score (nSPS) is 10.5. The largest absolute Gasteiger partial charge is 0.504 e. The van der Waals surface area contributed by atoms with Crippen LogP contribution in [-0.2, 0) is 4.79 Å². The van der Waals surface area contributed by atoms with Gasteiger partial charge in [-0.3, -0.25) is 9.59 Å². The Morgan fingerprint density at radius 3 is 2.64 bits per heavy atom. The van der Waals surface area contributed by atoms with Gasteiger partial charge in [-0.1, -0.05) is 0 Å². The summed E-state index contributed by atoms with van der Waals surface area (Å²) < 4.78 is 17.7. The van der Waals surface area contributed by atoms with Gasteiger partial charge in [-0.25, -0.2) is 9.82 Å². The molecule has 0 saturated heterocycles. The number of amides is 2. The first-order valence-corrected chi connectivity index (χ1v) is 7.22. The molecule has 0 aliphatic carbocycles. The zero-order valence-corrected chi connectivity index (χ0v) is 13.3. The maximum Gasteiger partial charge on any atom is 0.259 e. The van der Waals surface area contributed by atoms with Crippen molar-refractivity contribution in [3.05, 3.63) is 59.4 Å². The molecule has 0 atom stereocenters. The standard InChI is InChI=1S/C17H16FN3O4/c1-25-15-8-11(2-7-14(15)22)9-20-21-16(23)10-19-17(24)12-3-5-13(18)6-4-12/h2-9,22H,10H2,1H3,(H,19,24)(H,21,23)/b20-9-. The van der Waals surface area contributed by atoms with Gasteiger partial charge in [0.05, 0.1) is 19.9 Å². The average Bonchev–Trinajstić information content (AvgIpc) is 2.61. The molecule has 0 radical (unpaired) electrons. The van der Waals surface area contributed by atoms with E-state index < -0.39 is 17.6 Å². The van der Waals surface area contributed by atoms with Crippen LogP contribution in [0.25, 0.3) is 0 Å². The Bertz CT molecular complexity index is 791. The minimum Gasteiger partial charge on any atom is -0.504 e. The molecule has 25 heavy (non-hydrogen) atoms. The molecule has 0 unspecified atom stereocenters. The van der Waals surface area contributed by atoms with Gasteiger partial charge in [0.2, 0.25) is 0 Å². The van der Waals surface area contributed by atoms with E-state index in [1.807, 2.05) is 0 Å². The van der Waals surface area contributed by atoms with E-state index in [2.05, 4.69) is 15.8 Å². The highest BCUT2D eigenvalue weighted by Crippen LogP contribution is 2.25. The number of nitrogens with one attached hydrogen (secondary N) is 2. The smallest absolute Gasteiger partial charge is 0.259 e. The summed E-state index contributed by atoms with van der Waals surface area (Å²) in [5.41, 5.74) is 3.10. The van der Waals surface area contributed by atoms with Crippen LogP contribution in [0.1, 0.15) is 15.9 Å². The van der Waals surface area contributed by atoms with E-state index in [-0.39, 0.29) is 23.6 Å². The molecule has 130 valence electrons. The number of nitrogens with zero attached hydrogens (tertiary/aromatic N) is 1. The number of hydrogen-bond donors (Lipinski definition) is 3. The Hall–Kier alpha value is -3.42. The number of phenols is 1. The average molecular weight is 345 g/mol. The molecule has 2 rings (SSSR count). The lowest BCUT2D eigenvalue weighted by Gasteiger charge is -2.05. The number of hydrogen-bond acceptors (Lipinski definition) is 5. The van der Waals surface area contributed by atoms with E-state index in [4.69, 9.17) is 4.74 Å². The van der Waals surface area contributed by atoms with E-state index in [1.54, 1.807) is 12.1 Å². The van der Waals surface area contributed by atoms with Crippen LogP contribution in [0.3, 0.4) is 0 Å². The first kappa shape index (κ1) is 17.9. The van der Waals surface area contributed by atoms with Crippen LogP contribution in [0.5, 0.6) is 11.5 Å². The second kappa shape index (κ2) is 8.44. The number of ether oxygens (including phenoxy) is 1. The molecule has 0 saturated carbocycles. The predicted molar refractivity (Wildman–Crippen MR) is 89.1 cm³/mol. The molecule has 7 nitrogen and oxygen atoms in total. The highest BCUT2D eigenvalue weighted by atomic mass is 19.1. The van der Waals surface area contributed by atoms with E-state index in [9.17, 15) is 19.1 Å². The number of phenolic OH excluding ortho intramolecular Hbond substituents is 1. The third kappa shape index (κ3) is 5.31. The van der Waals surface area contributed by atoms with Gasteiger partial charge in [0, 0.05) is 5.56 Å². The van der Waals surface area contributed by atoms with Crippen LogP contribution in [0.4, 0.5) is 4.39 Å². The van der Waals surface area contributed by atoms with Crippen LogP contribution in [0.2, 0.25) is 0 Å². The molecule has 2 aromatic rings. The van der Waals surface area contributed by atoms with Crippen molar-refractivity contribution in [1.29, 1.82) is 0 Å². The number of halogens is 1. The zero-order chi connectivity index (χ0) is 18.2. The summed E-state index contributed by atoms with van der Waals surface area (Å²) >= 11 is 0. The van der Waals surface area contributed by atoms with Crippen molar-refractivity contribution < 1.29 is 23.8 Å². The Morgan fingerprint density at radius 1 is 1.24 bits per heavy atom. The van der Waals surface area contributed by atoms with E-state index in [1.165, 1.54) is 31.5 Å². The second-order valence-corrected chi connectivity index (χ2v) is 4.91. The van der Waals surface area contributed by atoms with Gasteiger partial charge in [-0.2, -0.15) is 5.10 Å². The van der Waals surface area contributed by atoms with Gasteiger partial charge in [0.15, 0.2) is 11.5 Å². The summed E-state index contributed by atoms with van der Waals surface area (Å²) in [4.78, 5) is 23.4. The topological polar surface area (TPSA) is 100 Å². The first-order chi connectivity index (χ1) is 12.0. The molecular weight excluding hydrogens is 329 g/mol. The maximum absolute atomic E-state index is 12.8. The molecular formula is C17H16FN3O4. The lowest BCUT2D eigenvalue weighted by molar-refractivity contribution is -0.120. The molecule has 0 fully saturated rings. The minimum atomic E-state index is -0.530. The van der Waals surface area contributed by atoms with Gasteiger partial charge in [0.25, 0.3) is 11.8 Å². The summed E-state index contributed by atoms with van der Waals surface area (Å²) in [7, 11) is 1.42. The van der Waals surface area contributed by atoms with Crippen LogP contribution < -0.4 is 15.5 Å². The second-order valence-electron chi connectivity index (χ2n) is 4.91. The number of aromatic hydroxyl groups is 1. The fraction of sp³-hybridized carbons (Fsp3) is 0.118. The van der Waals surface area contributed by atoms with E-state index in [0.29, 0.717) is 5.56 Å². The van der Waals surface area contributed by atoms with Gasteiger partial charge in [0.1, 0.15) is 5.82 Å². The molecule has 0 bridgehead atoms. The van der Waals surface area contributed by atoms with E-state index in [0.717, 1.165) is 12.1 Å². The zero-order valence-electron chi connectivity index (χ0n) is 13.3. The number of benzene rings is 2. The lowest BCUT2D eigenvalue weighted by atomic mass is 10.2. The lowest BCUT2D eigenvalue weighted by Crippen LogP contribution is -2.34. The first-order valence-electron chi connectivity index (χ1n) is 7.22. The van der Waals surface area contributed by atoms with Crippen molar-refractivity contribution in [2.24, 2.45) is 5.10 Å². The van der Waals surface area contributed by atoms with Gasteiger partial charge in [-0.05, 0) is 48.0 Å². The van der Waals surface area contributed by atoms with Crippen LogP contribution in [-0.4, -0.2) is 36.8 Å². The van der Waals surface area contributed by atoms with E-state index >= 15 is 0 Å². The number of hydrazone groups is 1. The molecule has 0 aromatic heterocycles. The summed E-state index contributed by atoms with van der Waals surface area (Å²) in [6.07, 6.45) is 1.36. The molecule has 0 aliphatic heterocycles. The van der Waals surface area contributed by atoms with Crippen LogP contribution >= 0.6 is 0 Å². The Labute approximate surface area is 143 Å². The fourth-order valence-corrected chi connectivity index (χ4v) is 1.86. The molecule has 0 aliphatic rings. The Kier molecular flexibility index (Phi) is 6.05. The minimum absolute atomic E-state index is 0.00723. The molecule has 2 amide bonds. The Balaban J connectivity index is 1.82. The number of methoxy groups -OCH3 is 1. The summed E-state index contributed by atoms with van der Waals surface area (Å²) in [6, 6.07) is 9.52. The predicted octanol–water partition coefficient (Wildman–Crippen LogP) is 1.42. The van der Waals surface area contributed by atoms with Crippen LogP contribution in [0, 0.1) is 5.82 Å². The van der Waals surface area contributed by atoms with Crippen molar-refractivity contribution in [2.45, 2.75) is 0 Å². The molecule has 0 heterocycles. The maximum atomic E-state index is 12.8. The van der Waals surface area contributed by atoms with Gasteiger partial charge < -0.3 is 15.2 Å². The molecule has 2 aromatic carbocycles. The van der Waals surface area contributed by atoms with Crippen molar-refractivity contribution in [3.8, 4) is 11.5 Å². The van der Waals surface area contributed by atoms with Crippen LogP contribution in [0.15, 0.2) is 47.6 Å². The summed E-state index contributed by atoms with van der Waals surface area (Å²) in [6.45, 7) is -0.285. The third-order valence-corrected chi connectivity index (χ3v) is 3.12. The number of carbonyl (C=O) groups is 2. The van der Waals surface area contributed by atoms with Crippen molar-refractivity contribution in [3.63, 3.8) is 0 Å². The molecule has 3 N–H and O–H groups in total. The van der Waals surface area contributed by atoms with Crippen molar-refractivity contribution >= 4 is 18.0 Å². The van der Waals surface area contributed by atoms with Crippen molar-refractivity contribution in [2.75, 3.05) is 13.7 Å². The summed E-state index contributed by atoms with van der Waals surface area (Å²) in [5.74, 6) is -1.21. The monoisotopic (exact) mass is 345 g/mol. The molecule has 8 heteroatoms. The van der Waals surface area contributed by atoms with Crippen molar-refractivity contribution in [1.82, 2.24) is 10.7 Å². The highest BCUT2D eigenvalue weighted by Gasteiger charge is 2.07. The van der Waals surface area contributed by atoms with Gasteiger partial charge >= 0.3 is 0 Å². The van der Waals surface area contributed by atoms with Gasteiger partial charge in [-0.15, -0.1) is 0 Å².